The largest absolute Gasteiger partial charge is 0.268 e. The quantitative estimate of drug-likeness (QED) is 0.330. The van der Waals surface area contributed by atoms with E-state index < -0.39 is 9.84 Å². The van der Waals surface area contributed by atoms with Crippen molar-refractivity contribution in [3.05, 3.63) is 77.1 Å². The number of thiophene rings is 1. The molecule has 0 N–H and O–H groups in total. The van der Waals surface area contributed by atoms with Crippen molar-refractivity contribution in [3.8, 4) is 16.1 Å². The lowest BCUT2D eigenvalue weighted by atomic mass is 10.2. The molecule has 8 heteroatoms. The van der Waals surface area contributed by atoms with Gasteiger partial charge in [0.2, 0.25) is 0 Å². The summed E-state index contributed by atoms with van der Waals surface area (Å²) < 4.78 is 24.6. The Kier molecular flexibility index (Phi) is 5.58. The van der Waals surface area contributed by atoms with Gasteiger partial charge in [-0.2, -0.15) is 0 Å². The van der Waals surface area contributed by atoms with Crippen LogP contribution in [0.1, 0.15) is 0 Å². The Morgan fingerprint density at radius 3 is 2.34 bits per heavy atom. The summed E-state index contributed by atoms with van der Waals surface area (Å²) in [5, 5.41) is 1.06. The van der Waals surface area contributed by atoms with E-state index >= 15 is 0 Å². The zero-order valence-corrected chi connectivity index (χ0v) is 18.1. The topological polar surface area (TPSA) is 69.0 Å². The minimum absolute atomic E-state index is 0.0278. The molecule has 0 radical (unpaired) electrons. The summed E-state index contributed by atoms with van der Waals surface area (Å²) in [7, 11) is -3.09. The van der Waals surface area contributed by atoms with Crippen LogP contribution < -0.4 is 5.56 Å². The molecular weight excluding hydrogens is 424 g/mol. The summed E-state index contributed by atoms with van der Waals surface area (Å²) in [6.07, 6.45) is 1.21. The predicted molar refractivity (Wildman–Crippen MR) is 121 cm³/mol. The first kappa shape index (κ1) is 19.9. The van der Waals surface area contributed by atoms with E-state index in [2.05, 4.69) is 0 Å². The van der Waals surface area contributed by atoms with Gasteiger partial charge in [0.05, 0.1) is 16.8 Å². The molecule has 4 aromatic rings. The van der Waals surface area contributed by atoms with Crippen LogP contribution in [0.2, 0.25) is 0 Å². The molecule has 0 atom stereocenters. The molecule has 2 heterocycles. The Bertz CT molecular complexity index is 1310. The van der Waals surface area contributed by atoms with Gasteiger partial charge in [-0.1, -0.05) is 60.3 Å². The maximum absolute atomic E-state index is 13.4. The predicted octanol–water partition coefficient (Wildman–Crippen LogP) is 4.25. The van der Waals surface area contributed by atoms with E-state index in [1.54, 1.807) is 4.57 Å². The zero-order valence-electron chi connectivity index (χ0n) is 15.6. The summed E-state index contributed by atoms with van der Waals surface area (Å²) in [4.78, 5) is 19.7. The number of benzene rings is 2. The Morgan fingerprint density at radius 1 is 1.03 bits per heavy atom. The average Bonchev–Trinajstić information content (AvgIpc) is 3.13. The van der Waals surface area contributed by atoms with Crippen LogP contribution in [0.15, 0.2) is 76.7 Å². The monoisotopic (exact) mass is 442 g/mol. The van der Waals surface area contributed by atoms with Crippen molar-refractivity contribution in [2.75, 3.05) is 17.8 Å². The molecule has 0 spiro atoms. The zero-order chi connectivity index (χ0) is 20.4. The van der Waals surface area contributed by atoms with Gasteiger partial charge in [0.15, 0.2) is 5.16 Å². The summed E-state index contributed by atoms with van der Waals surface area (Å²) in [6.45, 7) is 0. The van der Waals surface area contributed by atoms with Crippen molar-refractivity contribution in [3.63, 3.8) is 0 Å². The van der Waals surface area contributed by atoms with E-state index in [0.717, 1.165) is 10.4 Å². The van der Waals surface area contributed by atoms with Crippen LogP contribution in [0.3, 0.4) is 0 Å². The number of sulfone groups is 1. The van der Waals surface area contributed by atoms with Gasteiger partial charge < -0.3 is 0 Å². The average molecular weight is 443 g/mol. The van der Waals surface area contributed by atoms with Crippen LogP contribution in [-0.4, -0.2) is 35.7 Å². The SMILES string of the molecule is CS(=O)(=O)CCSc1nc2sc(-c3ccccc3)cc2c(=O)n1-c1ccccc1. The molecular formula is C21H18N2O3S3. The van der Waals surface area contributed by atoms with E-state index in [0.29, 0.717) is 26.8 Å². The summed E-state index contributed by atoms with van der Waals surface area (Å²) in [5.41, 5.74) is 1.59. The van der Waals surface area contributed by atoms with E-state index in [-0.39, 0.29) is 11.3 Å². The van der Waals surface area contributed by atoms with Crippen LogP contribution in [0.5, 0.6) is 0 Å². The third-order valence-electron chi connectivity index (χ3n) is 4.29. The molecule has 2 aromatic carbocycles. The van der Waals surface area contributed by atoms with Crippen molar-refractivity contribution in [1.82, 2.24) is 9.55 Å². The number of rotatable bonds is 6. The first-order valence-corrected chi connectivity index (χ1v) is 12.8. The minimum atomic E-state index is -3.09. The normalized spacial score (nSPS) is 11.8. The fourth-order valence-corrected chi connectivity index (χ4v) is 6.18. The Morgan fingerprint density at radius 2 is 1.69 bits per heavy atom. The number of hydrogen-bond acceptors (Lipinski definition) is 6. The Hall–Kier alpha value is -2.42. The van der Waals surface area contributed by atoms with Gasteiger partial charge in [0.25, 0.3) is 5.56 Å². The molecule has 148 valence electrons. The third-order valence-corrected chi connectivity index (χ3v) is 7.51. The lowest BCUT2D eigenvalue weighted by Gasteiger charge is -2.11. The van der Waals surface area contributed by atoms with Gasteiger partial charge in [-0.15, -0.1) is 11.3 Å². The van der Waals surface area contributed by atoms with E-state index in [4.69, 9.17) is 4.98 Å². The molecule has 0 bridgehead atoms. The number of aromatic nitrogens is 2. The van der Waals surface area contributed by atoms with E-state index in [1.807, 2.05) is 66.7 Å². The van der Waals surface area contributed by atoms with Gasteiger partial charge in [-0.25, -0.2) is 13.4 Å². The summed E-state index contributed by atoms with van der Waals surface area (Å²) >= 11 is 2.75. The molecule has 0 aliphatic rings. The lowest BCUT2D eigenvalue weighted by molar-refractivity contribution is 0.603. The van der Waals surface area contributed by atoms with Crippen LogP contribution in [0.4, 0.5) is 0 Å². The van der Waals surface area contributed by atoms with Crippen molar-refractivity contribution >= 4 is 43.2 Å². The first-order valence-electron chi connectivity index (χ1n) is 8.90. The standard InChI is InChI=1S/C21H18N2O3S3/c1-29(25,26)13-12-27-21-22-19-17(14-18(28-19)15-8-4-2-5-9-15)20(24)23(21)16-10-6-3-7-11-16/h2-11,14H,12-13H2,1H3. The molecule has 0 unspecified atom stereocenters. The van der Waals surface area contributed by atoms with Crippen LogP contribution >= 0.6 is 23.1 Å². The van der Waals surface area contributed by atoms with E-state index in [9.17, 15) is 13.2 Å². The second-order valence-corrected chi connectivity index (χ2v) is 10.9. The molecule has 0 aliphatic heterocycles. The second-order valence-electron chi connectivity index (χ2n) is 6.54. The fourth-order valence-electron chi connectivity index (χ4n) is 2.89. The minimum Gasteiger partial charge on any atom is -0.268 e. The highest BCUT2D eigenvalue weighted by Gasteiger charge is 2.17. The Balaban J connectivity index is 1.86. The highest BCUT2D eigenvalue weighted by Crippen LogP contribution is 2.32. The fraction of sp³-hybridized carbons (Fsp3) is 0.143. The molecule has 0 saturated heterocycles. The smallest absolute Gasteiger partial charge is 0.267 e. The summed E-state index contributed by atoms with van der Waals surface area (Å²) in [6, 6.07) is 21.1. The maximum atomic E-state index is 13.4. The molecule has 5 nitrogen and oxygen atoms in total. The van der Waals surface area contributed by atoms with Gasteiger partial charge in [0.1, 0.15) is 14.7 Å². The van der Waals surface area contributed by atoms with Crippen molar-refractivity contribution in [2.24, 2.45) is 0 Å². The van der Waals surface area contributed by atoms with E-state index in [1.165, 1.54) is 29.4 Å². The number of para-hydroxylation sites is 1. The number of nitrogens with zero attached hydrogens (tertiary/aromatic N) is 2. The van der Waals surface area contributed by atoms with Gasteiger partial charge in [-0.3, -0.25) is 9.36 Å². The lowest BCUT2D eigenvalue weighted by Crippen LogP contribution is -2.21. The van der Waals surface area contributed by atoms with Crippen molar-refractivity contribution in [2.45, 2.75) is 5.16 Å². The van der Waals surface area contributed by atoms with Gasteiger partial charge in [-0.05, 0) is 23.8 Å². The highest BCUT2D eigenvalue weighted by atomic mass is 32.2. The number of thioether (sulfide) groups is 1. The highest BCUT2D eigenvalue weighted by molar-refractivity contribution is 8.00. The molecule has 29 heavy (non-hydrogen) atoms. The first-order chi connectivity index (χ1) is 13.9. The van der Waals surface area contributed by atoms with Gasteiger partial charge in [0, 0.05) is 16.9 Å². The van der Waals surface area contributed by atoms with Gasteiger partial charge >= 0.3 is 0 Å². The second kappa shape index (κ2) is 8.14. The molecule has 0 aliphatic carbocycles. The molecule has 2 aromatic heterocycles. The maximum Gasteiger partial charge on any atom is 0.267 e. The number of hydrogen-bond donors (Lipinski definition) is 0. The molecule has 0 saturated carbocycles. The van der Waals surface area contributed by atoms with Crippen molar-refractivity contribution < 1.29 is 8.42 Å². The van der Waals surface area contributed by atoms with Crippen LogP contribution in [0.25, 0.3) is 26.3 Å². The molecule has 0 fully saturated rings. The van der Waals surface area contributed by atoms with Crippen LogP contribution in [-0.2, 0) is 9.84 Å². The molecule has 4 rings (SSSR count). The van der Waals surface area contributed by atoms with Crippen molar-refractivity contribution in [1.29, 1.82) is 0 Å². The van der Waals surface area contributed by atoms with Crippen LogP contribution in [0, 0.1) is 0 Å². The Labute approximate surface area is 177 Å². The summed E-state index contributed by atoms with van der Waals surface area (Å²) in [5.74, 6) is 0.362. The third kappa shape index (κ3) is 4.44. The number of fused-ring (bicyclic) bond motifs is 1. The molecule has 0 amide bonds.